The molecule has 0 saturated carbocycles. The molecule has 3 rings (SSSR count). The fourth-order valence-electron chi connectivity index (χ4n) is 3.36. The monoisotopic (exact) mass is 446 g/mol. The average Bonchev–Trinajstić information content (AvgIpc) is 3.25. The number of amides is 2. The molecule has 0 bridgehead atoms. The average molecular weight is 447 g/mol. The molecule has 33 heavy (non-hydrogen) atoms. The Kier molecular flexibility index (Phi) is 9.03. The summed E-state index contributed by atoms with van der Waals surface area (Å²) in [6.45, 7) is 3.23. The van der Waals surface area contributed by atoms with Crippen LogP contribution in [0.3, 0.4) is 0 Å². The summed E-state index contributed by atoms with van der Waals surface area (Å²) in [5, 5.41) is 0. The molecule has 1 aromatic heterocycles. The van der Waals surface area contributed by atoms with Crippen LogP contribution in [0.25, 0.3) is 6.08 Å². The number of benzene rings is 2. The van der Waals surface area contributed by atoms with Crippen molar-refractivity contribution in [2.45, 2.75) is 20.0 Å². The van der Waals surface area contributed by atoms with Gasteiger partial charge in [0.25, 0.3) is 0 Å². The lowest BCUT2D eigenvalue weighted by Gasteiger charge is -2.26. The first kappa shape index (κ1) is 24.0. The van der Waals surface area contributed by atoms with Crippen LogP contribution in [0.4, 0.5) is 0 Å². The zero-order valence-corrected chi connectivity index (χ0v) is 19.1. The first-order valence-electron chi connectivity index (χ1n) is 10.9. The molecule has 6 heteroatoms. The molecule has 1 heterocycles. The topological polar surface area (TPSA) is 63.0 Å². The van der Waals surface area contributed by atoms with Crippen LogP contribution >= 0.6 is 0 Å². The summed E-state index contributed by atoms with van der Waals surface area (Å²) in [5.74, 6) is 1.10. The van der Waals surface area contributed by atoms with Crippen LogP contribution in [-0.4, -0.2) is 48.4 Å². The van der Waals surface area contributed by atoms with E-state index >= 15 is 0 Å². The van der Waals surface area contributed by atoms with E-state index in [2.05, 4.69) is 0 Å². The Bertz CT molecular complexity index is 1040. The Morgan fingerprint density at radius 3 is 2.24 bits per heavy atom. The van der Waals surface area contributed by atoms with Crippen molar-refractivity contribution in [2.75, 3.05) is 26.8 Å². The van der Waals surface area contributed by atoms with Crippen molar-refractivity contribution in [3.63, 3.8) is 0 Å². The summed E-state index contributed by atoms with van der Waals surface area (Å²) in [7, 11) is 1.57. The zero-order valence-electron chi connectivity index (χ0n) is 19.1. The number of nitrogens with zero attached hydrogens (tertiary/aromatic N) is 2. The third-order valence-electron chi connectivity index (χ3n) is 5.13. The second kappa shape index (κ2) is 12.4. The quantitative estimate of drug-likeness (QED) is 0.412. The van der Waals surface area contributed by atoms with Crippen molar-refractivity contribution in [1.29, 1.82) is 0 Å². The highest BCUT2D eigenvalue weighted by Gasteiger charge is 2.21. The van der Waals surface area contributed by atoms with E-state index in [9.17, 15) is 9.59 Å². The molecular formula is C27H30N2O4. The first-order chi connectivity index (χ1) is 16.0. The highest BCUT2D eigenvalue weighted by Crippen LogP contribution is 2.14. The van der Waals surface area contributed by atoms with Crippen LogP contribution < -0.4 is 0 Å². The normalized spacial score (nSPS) is 11.0. The standard InChI is InChI=1S/C27H30N2O4/c1-22-13-15-25(33-22)20-29(19-24-11-7-4-8-12-24)27(31)21-28(17-18-32-2)26(30)16-14-23-9-5-3-6-10-23/h3-16H,17-21H2,1-2H3. The fourth-order valence-corrected chi connectivity index (χ4v) is 3.36. The van der Waals surface area contributed by atoms with E-state index in [4.69, 9.17) is 9.15 Å². The van der Waals surface area contributed by atoms with Crippen LogP contribution in [-0.2, 0) is 27.4 Å². The second-order valence-corrected chi connectivity index (χ2v) is 7.74. The van der Waals surface area contributed by atoms with Crippen molar-refractivity contribution < 1.29 is 18.7 Å². The lowest BCUT2D eigenvalue weighted by molar-refractivity contribution is -0.139. The summed E-state index contributed by atoms with van der Waals surface area (Å²) in [4.78, 5) is 29.5. The number of ether oxygens (including phenoxy) is 1. The Morgan fingerprint density at radius 2 is 1.61 bits per heavy atom. The molecule has 0 N–H and O–H groups in total. The third-order valence-corrected chi connectivity index (χ3v) is 5.13. The number of carbonyl (C=O) groups excluding carboxylic acids is 2. The maximum atomic E-state index is 13.3. The van der Waals surface area contributed by atoms with Crippen LogP contribution in [0.15, 0.2) is 83.3 Å². The number of methoxy groups -OCH3 is 1. The van der Waals surface area contributed by atoms with Crippen LogP contribution in [0.5, 0.6) is 0 Å². The van der Waals surface area contributed by atoms with Gasteiger partial charge in [-0.25, -0.2) is 0 Å². The summed E-state index contributed by atoms with van der Waals surface area (Å²) in [6.07, 6.45) is 3.25. The molecule has 0 radical (unpaired) electrons. The van der Waals surface area contributed by atoms with E-state index < -0.39 is 0 Å². The number of hydrogen-bond acceptors (Lipinski definition) is 4. The van der Waals surface area contributed by atoms with Gasteiger partial charge in [0.2, 0.25) is 11.8 Å². The molecule has 172 valence electrons. The van der Waals surface area contributed by atoms with Gasteiger partial charge in [-0.15, -0.1) is 0 Å². The van der Waals surface area contributed by atoms with E-state index in [1.54, 1.807) is 18.1 Å². The van der Waals surface area contributed by atoms with Gasteiger partial charge in [-0.3, -0.25) is 9.59 Å². The Labute approximate surface area is 195 Å². The van der Waals surface area contributed by atoms with Crippen molar-refractivity contribution >= 4 is 17.9 Å². The summed E-state index contributed by atoms with van der Waals surface area (Å²) in [5.41, 5.74) is 1.93. The van der Waals surface area contributed by atoms with Gasteiger partial charge in [0, 0.05) is 26.3 Å². The summed E-state index contributed by atoms with van der Waals surface area (Å²) in [6, 6.07) is 23.1. The minimum absolute atomic E-state index is 0.0478. The molecule has 0 unspecified atom stereocenters. The number of carbonyl (C=O) groups is 2. The van der Waals surface area contributed by atoms with Gasteiger partial charge < -0.3 is 19.0 Å². The van der Waals surface area contributed by atoms with Crippen LogP contribution in [0.1, 0.15) is 22.6 Å². The maximum Gasteiger partial charge on any atom is 0.247 e. The molecule has 3 aromatic rings. The Hall–Kier alpha value is -3.64. The van der Waals surface area contributed by atoms with Gasteiger partial charge in [-0.05, 0) is 36.3 Å². The first-order valence-corrected chi connectivity index (χ1v) is 10.9. The Balaban J connectivity index is 1.74. The van der Waals surface area contributed by atoms with E-state index in [0.717, 1.165) is 16.9 Å². The lowest BCUT2D eigenvalue weighted by Crippen LogP contribution is -2.43. The van der Waals surface area contributed by atoms with Crippen molar-refractivity contribution in [3.8, 4) is 0 Å². The molecule has 0 aliphatic heterocycles. The van der Waals surface area contributed by atoms with Gasteiger partial charge in [0.1, 0.15) is 18.1 Å². The molecule has 0 spiro atoms. The SMILES string of the molecule is COCCN(CC(=O)N(Cc1ccccc1)Cc1ccc(C)o1)C(=O)C=Cc1ccccc1. The lowest BCUT2D eigenvalue weighted by atomic mass is 10.2. The highest BCUT2D eigenvalue weighted by molar-refractivity contribution is 5.94. The van der Waals surface area contributed by atoms with E-state index in [-0.39, 0.29) is 18.4 Å². The maximum absolute atomic E-state index is 13.3. The van der Waals surface area contributed by atoms with Gasteiger partial charge in [-0.1, -0.05) is 60.7 Å². The minimum atomic E-state index is -0.238. The number of aryl methyl sites for hydroxylation is 1. The van der Waals surface area contributed by atoms with Crippen LogP contribution in [0, 0.1) is 6.92 Å². The molecule has 0 atom stereocenters. The summed E-state index contributed by atoms with van der Waals surface area (Å²) < 4.78 is 10.9. The van der Waals surface area contributed by atoms with Crippen LogP contribution in [0.2, 0.25) is 0 Å². The molecule has 0 aliphatic carbocycles. The summed E-state index contributed by atoms with van der Waals surface area (Å²) >= 11 is 0. The van der Waals surface area contributed by atoms with Gasteiger partial charge in [0.15, 0.2) is 0 Å². The number of hydrogen-bond donors (Lipinski definition) is 0. The van der Waals surface area contributed by atoms with Crippen molar-refractivity contribution in [1.82, 2.24) is 9.80 Å². The molecule has 6 nitrogen and oxygen atoms in total. The highest BCUT2D eigenvalue weighted by atomic mass is 16.5. The molecular weight excluding hydrogens is 416 g/mol. The molecule has 0 saturated heterocycles. The van der Waals surface area contributed by atoms with Crippen molar-refractivity contribution in [2.24, 2.45) is 0 Å². The third kappa shape index (κ3) is 7.77. The van der Waals surface area contributed by atoms with Crippen molar-refractivity contribution in [3.05, 3.63) is 102 Å². The molecule has 2 aromatic carbocycles. The predicted octanol–water partition coefficient (Wildman–Crippen LogP) is 4.31. The largest absolute Gasteiger partial charge is 0.464 e. The van der Waals surface area contributed by atoms with Gasteiger partial charge in [0.05, 0.1) is 13.2 Å². The van der Waals surface area contributed by atoms with E-state index in [1.165, 1.54) is 11.0 Å². The number of rotatable bonds is 11. The number of furan rings is 1. The molecule has 0 fully saturated rings. The Morgan fingerprint density at radius 1 is 0.909 bits per heavy atom. The van der Waals surface area contributed by atoms with Gasteiger partial charge in [-0.2, -0.15) is 0 Å². The molecule has 0 aliphatic rings. The zero-order chi connectivity index (χ0) is 23.5. The smallest absolute Gasteiger partial charge is 0.247 e. The minimum Gasteiger partial charge on any atom is -0.464 e. The fraction of sp³-hybridized carbons (Fsp3) is 0.259. The molecule has 2 amide bonds. The van der Waals surface area contributed by atoms with Gasteiger partial charge >= 0.3 is 0 Å². The second-order valence-electron chi connectivity index (χ2n) is 7.74. The van der Waals surface area contributed by atoms with E-state index in [1.807, 2.05) is 79.7 Å². The predicted molar refractivity (Wildman–Crippen MR) is 128 cm³/mol. The van der Waals surface area contributed by atoms with E-state index in [0.29, 0.717) is 32.0 Å².